The number of hydrogen-bond donors (Lipinski definition) is 0. The summed E-state index contributed by atoms with van der Waals surface area (Å²) >= 11 is 7.33. The van der Waals surface area contributed by atoms with Gasteiger partial charge in [-0.15, -0.1) is 65.8 Å². The molecule has 0 spiro atoms. The van der Waals surface area contributed by atoms with Crippen LogP contribution in [0.2, 0.25) is 5.02 Å². The number of halogens is 3. The van der Waals surface area contributed by atoms with Gasteiger partial charge < -0.3 is 14.9 Å². The van der Waals surface area contributed by atoms with E-state index in [1.54, 1.807) is 0 Å². The van der Waals surface area contributed by atoms with Crippen molar-refractivity contribution in [1.29, 1.82) is 0 Å². The Labute approximate surface area is 169 Å². The minimum atomic E-state index is 0. The molecule has 0 aromatic heterocycles. The number of allylic oxidation sites excluding steroid dienone is 4. The van der Waals surface area contributed by atoms with Crippen LogP contribution in [0.15, 0.2) is 48.6 Å². The second kappa shape index (κ2) is 17.6. The van der Waals surface area contributed by atoms with Gasteiger partial charge in [0.05, 0.1) is 0 Å². The fraction of sp³-hybridized carbons (Fsp3) is 0.118. The molecule has 5 heteroatoms. The number of rotatable bonds is 0. The minimum absolute atomic E-state index is 0. The third kappa shape index (κ3) is 10.1. The van der Waals surface area contributed by atoms with Crippen molar-refractivity contribution in [3.63, 3.8) is 0 Å². The van der Waals surface area contributed by atoms with Gasteiger partial charge in [0.2, 0.25) is 0 Å². The summed E-state index contributed by atoms with van der Waals surface area (Å²) in [5.41, 5.74) is 1.27. The Balaban J connectivity index is -0.000000129. The van der Waals surface area contributed by atoms with E-state index >= 15 is 0 Å². The maximum atomic E-state index is 5.97. The van der Waals surface area contributed by atoms with E-state index < -0.39 is 0 Å². The van der Waals surface area contributed by atoms with E-state index in [1.807, 2.05) is 24.3 Å². The van der Waals surface area contributed by atoms with Crippen molar-refractivity contribution in [1.82, 2.24) is 0 Å². The van der Waals surface area contributed by atoms with Crippen molar-refractivity contribution in [3.05, 3.63) is 80.1 Å². The van der Waals surface area contributed by atoms with Crippen LogP contribution >= 0.6 is 36.4 Å². The number of hydrogen-bond acceptors (Lipinski definition) is 0. The molecule has 2 aromatic rings. The van der Waals surface area contributed by atoms with Gasteiger partial charge in [0.15, 0.2) is 0 Å². The molecule has 0 amide bonds. The molecule has 0 unspecified atom stereocenters. The van der Waals surface area contributed by atoms with Crippen molar-refractivity contribution in [3.8, 4) is 0 Å². The molecule has 22 heavy (non-hydrogen) atoms. The molecule has 2 radical (unpaired) electrons. The first-order valence-corrected chi connectivity index (χ1v) is 10.1. The molecule has 122 valence electrons. The fourth-order valence-electron chi connectivity index (χ4n) is 1.69. The molecule has 0 heterocycles. The van der Waals surface area contributed by atoms with E-state index in [1.165, 1.54) is 34.3 Å². The average molecular weight is 451 g/mol. The van der Waals surface area contributed by atoms with Gasteiger partial charge in [0, 0.05) is 0 Å². The molecular weight excluding hydrogens is 430 g/mol. The summed E-state index contributed by atoms with van der Waals surface area (Å²) in [5, 5.41) is 3.23. The van der Waals surface area contributed by atoms with Crippen LogP contribution in [0.1, 0.15) is 12.0 Å². The van der Waals surface area contributed by atoms with E-state index in [2.05, 4.69) is 44.2 Å². The molecule has 0 N–H and O–H groups in total. The zero-order chi connectivity index (χ0) is 13.4. The summed E-state index contributed by atoms with van der Waals surface area (Å²) in [6.07, 6.45) is 10.0. The van der Waals surface area contributed by atoms with Gasteiger partial charge in [-0.2, -0.15) is 12.1 Å². The molecule has 3 rings (SSSR count). The first-order chi connectivity index (χ1) is 8.77. The summed E-state index contributed by atoms with van der Waals surface area (Å²) < 4.78 is 0. The fourth-order valence-corrected chi connectivity index (χ4v) is 1.92. The maximum absolute atomic E-state index is 5.97. The van der Waals surface area contributed by atoms with Crippen LogP contribution in [0, 0.1) is 27.9 Å². The van der Waals surface area contributed by atoms with E-state index in [0.29, 0.717) is 0 Å². The molecule has 0 nitrogen and oxygen atoms in total. The molecule has 2 aromatic carbocycles. The molecule has 0 atom stereocenters. The zero-order valence-electron chi connectivity index (χ0n) is 13.0. The topological polar surface area (TPSA) is 0 Å². The van der Waals surface area contributed by atoms with Gasteiger partial charge in [-0.1, -0.05) is 24.6 Å². The molecule has 0 bridgehead atoms. The third-order valence-electron chi connectivity index (χ3n) is 2.43. The van der Waals surface area contributed by atoms with Gasteiger partial charge >= 0.3 is 30.2 Å². The second-order valence-electron chi connectivity index (χ2n) is 3.78. The van der Waals surface area contributed by atoms with E-state index in [-0.39, 0.29) is 39.7 Å². The van der Waals surface area contributed by atoms with Crippen molar-refractivity contribution in [2.24, 2.45) is 0 Å². The monoisotopic (exact) mass is 448 g/mol. The van der Waals surface area contributed by atoms with Gasteiger partial charge in [0.1, 0.15) is 0 Å². The molecule has 0 saturated carbocycles. The summed E-state index contributed by atoms with van der Waals surface area (Å²) in [7, 11) is 0. The Kier molecular flexibility index (Phi) is 24.2. The SMILES string of the molecule is Cc1cc2c(Cl)cccc2[cH-]1.Cl.Cl.[C-]1=CC=CC1.[CH3-].[CH3-].[Si]=[Zr]. The Morgan fingerprint density at radius 2 is 1.86 bits per heavy atom. The van der Waals surface area contributed by atoms with Crippen molar-refractivity contribution < 1.29 is 23.3 Å². The normalized spacial score (nSPS) is 9.50. The Morgan fingerprint density at radius 3 is 2.27 bits per heavy atom. The first kappa shape index (κ1) is 30.2. The van der Waals surface area contributed by atoms with Crippen LogP contribution in [0.4, 0.5) is 0 Å². The molecule has 0 aliphatic heterocycles. The van der Waals surface area contributed by atoms with Gasteiger partial charge in [-0.25, -0.2) is 12.2 Å². The Morgan fingerprint density at radius 1 is 1.23 bits per heavy atom. The van der Waals surface area contributed by atoms with E-state index in [4.69, 9.17) is 11.6 Å². The van der Waals surface area contributed by atoms with Crippen LogP contribution in [0.3, 0.4) is 0 Å². The van der Waals surface area contributed by atoms with Crippen molar-refractivity contribution >= 4 is 54.1 Å². The van der Waals surface area contributed by atoms with Crippen LogP contribution in [0.25, 0.3) is 10.8 Å². The molecule has 0 fully saturated rings. The second-order valence-corrected chi connectivity index (χ2v) is 4.19. The van der Waals surface area contributed by atoms with Crippen LogP contribution in [-0.2, 0) is 23.3 Å². The molecule has 1 aliphatic carbocycles. The van der Waals surface area contributed by atoms with Crippen LogP contribution in [-0.4, -0.2) is 6.88 Å². The molecule has 0 saturated heterocycles. The van der Waals surface area contributed by atoms with Gasteiger partial charge in [-0.05, 0) is 5.02 Å². The number of fused-ring (bicyclic) bond motifs is 1. The predicted molar refractivity (Wildman–Crippen MR) is 104 cm³/mol. The number of aryl methyl sites for hydroxylation is 1. The van der Waals surface area contributed by atoms with Crippen molar-refractivity contribution in [2.75, 3.05) is 0 Å². The zero-order valence-corrected chi connectivity index (χ0v) is 18.9. The van der Waals surface area contributed by atoms with Gasteiger partial charge in [-0.3, -0.25) is 6.08 Å². The standard InChI is InChI=1S/C10H8Cl.C5H5.2CH3.2ClH.Si.Zr/c1-7-5-8-3-2-4-10(11)9(8)6-7;1-2-4-5-3-1;;;;;;/h2-6H,1H3;1-3H,4H2;2*1H3;2*1H;;/q4*-1;;;;. The summed E-state index contributed by atoms with van der Waals surface area (Å²) in [6, 6.07) is 10.2. The predicted octanol–water partition coefficient (Wildman–Crippen LogP) is 6.19. The van der Waals surface area contributed by atoms with Crippen LogP contribution in [0.5, 0.6) is 0 Å². The van der Waals surface area contributed by atoms with E-state index in [9.17, 15) is 0 Å². The molecular formula is C17H21Cl3SiZr-4. The Bertz CT molecular complexity index is 552. The Hall–Kier alpha value is 0.280. The van der Waals surface area contributed by atoms with Gasteiger partial charge in [0.25, 0.3) is 0 Å². The van der Waals surface area contributed by atoms with Crippen molar-refractivity contribution in [2.45, 2.75) is 13.3 Å². The quantitative estimate of drug-likeness (QED) is 0.331. The van der Waals surface area contributed by atoms with E-state index in [0.717, 1.165) is 16.8 Å². The summed E-state index contributed by atoms with van der Waals surface area (Å²) in [5.74, 6) is 0. The molecule has 1 aliphatic rings. The van der Waals surface area contributed by atoms with Crippen LogP contribution < -0.4 is 0 Å². The summed E-state index contributed by atoms with van der Waals surface area (Å²) in [4.78, 5) is 0. The average Bonchev–Trinajstić information content (AvgIpc) is 3.03. The summed E-state index contributed by atoms with van der Waals surface area (Å²) in [6.45, 7) is 5.14. The number of benzene rings is 1. The first-order valence-electron chi connectivity index (χ1n) is 5.55. The third-order valence-corrected chi connectivity index (χ3v) is 2.76.